The predicted octanol–water partition coefficient (Wildman–Crippen LogP) is 3.02. The number of amides is 1. The first-order valence-electron chi connectivity index (χ1n) is 7.99. The first-order valence-corrected chi connectivity index (χ1v) is 8.98. The zero-order valence-electron chi connectivity index (χ0n) is 14.8. The zero-order chi connectivity index (χ0) is 18.5. The van der Waals surface area contributed by atoms with Crippen LogP contribution in [0, 0.1) is 13.8 Å². The number of rotatable bonds is 6. The summed E-state index contributed by atoms with van der Waals surface area (Å²) < 4.78 is 6.75. The summed E-state index contributed by atoms with van der Waals surface area (Å²) in [7, 11) is 1.60. The summed E-state index contributed by atoms with van der Waals surface area (Å²) in [4.78, 5) is 12.2. The van der Waals surface area contributed by atoms with E-state index >= 15 is 0 Å². The molecule has 0 spiro atoms. The molecule has 0 aliphatic heterocycles. The molecule has 1 N–H and O–H groups in total. The molecule has 1 aromatic heterocycles. The topological polar surface area (TPSA) is 81.9 Å². The molecule has 0 radical (unpaired) electrons. The molecule has 3 rings (SSSR count). The number of thioether (sulfide) groups is 1. The molecule has 1 amide bonds. The lowest BCUT2D eigenvalue weighted by molar-refractivity contribution is -0.113. The molecule has 0 saturated carbocycles. The molecule has 0 saturated heterocycles. The number of hydrogen-bond acceptors (Lipinski definition) is 6. The Balaban J connectivity index is 1.65. The molecule has 134 valence electrons. The summed E-state index contributed by atoms with van der Waals surface area (Å²) in [6.07, 6.45) is 0. The fraction of sp³-hybridized carbons (Fsp3) is 0.222. The van der Waals surface area contributed by atoms with Crippen molar-refractivity contribution < 1.29 is 9.53 Å². The fourth-order valence-electron chi connectivity index (χ4n) is 2.46. The second kappa shape index (κ2) is 8.01. The van der Waals surface area contributed by atoms with Gasteiger partial charge in [0, 0.05) is 5.69 Å². The van der Waals surface area contributed by atoms with Gasteiger partial charge in [-0.25, -0.2) is 0 Å². The molecule has 8 heteroatoms. The number of ether oxygens (including phenoxy) is 1. The van der Waals surface area contributed by atoms with E-state index < -0.39 is 0 Å². The third-order valence-electron chi connectivity index (χ3n) is 3.73. The molecular formula is C18H19N5O2S. The summed E-state index contributed by atoms with van der Waals surface area (Å²) in [5, 5.41) is 15.2. The monoisotopic (exact) mass is 369 g/mol. The van der Waals surface area contributed by atoms with E-state index in [1.54, 1.807) is 36.1 Å². The van der Waals surface area contributed by atoms with Gasteiger partial charge in [0.25, 0.3) is 0 Å². The molecule has 0 unspecified atom stereocenters. The molecule has 3 aromatic rings. The highest BCUT2D eigenvalue weighted by molar-refractivity contribution is 7.99. The molecule has 0 aliphatic carbocycles. The summed E-state index contributed by atoms with van der Waals surface area (Å²) in [5.41, 5.74) is 3.86. The standard InChI is InChI=1S/C18H19N5O2S/c1-12-4-9-16(13(2)10-12)23-18(20-21-22-23)26-11-17(24)19-14-5-7-15(25-3)8-6-14/h4-10H,11H2,1-3H3,(H,19,24). The van der Waals surface area contributed by atoms with Gasteiger partial charge < -0.3 is 10.1 Å². The van der Waals surface area contributed by atoms with Crippen LogP contribution in [-0.4, -0.2) is 39.0 Å². The van der Waals surface area contributed by atoms with E-state index in [0.717, 1.165) is 17.0 Å². The van der Waals surface area contributed by atoms with Crippen molar-refractivity contribution in [2.75, 3.05) is 18.2 Å². The average Bonchev–Trinajstić information content (AvgIpc) is 3.09. The van der Waals surface area contributed by atoms with Crippen molar-refractivity contribution in [3.63, 3.8) is 0 Å². The number of tetrazole rings is 1. The Morgan fingerprint density at radius 2 is 1.96 bits per heavy atom. The van der Waals surface area contributed by atoms with Crippen molar-refractivity contribution in [1.82, 2.24) is 20.2 Å². The van der Waals surface area contributed by atoms with E-state index in [1.807, 2.05) is 26.0 Å². The van der Waals surface area contributed by atoms with Crippen LogP contribution in [0.3, 0.4) is 0 Å². The van der Waals surface area contributed by atoms with Crippen LogP contribution >= 0.6 is 11.8 Å². The third-order valence-corrected chi connectivity index (χ3v) is 4.65. The minimum atomic E-state index is -0.129. The molecule has 0 bridgehead atoms. The second-order valence-electron chi connectivity index (χ2n) is 5.73. The number of nitrogens with zero attached hydrogens (tertiary/aromatic N) is 4. The van der Waals surface area contributed by atoms with Crippen LogP contribution in [0.1, 0.15) is 11.1 Å². The molecule has 7 nitrogen and oxygen atoms in total. The third kappa shape index (κ3) is 4.20. The first-order chi connectivity index (χ1) is 12.6. The number of benzene rings is 2. The Bertz CT molecular complexity index is 908. The Hall–Kier alpha value is -2.87. The lowest BCUT2D eigenvalue weighted by Gasteiger charge is -2.09. The molecule has 26 heavy (non-hydrogen) atoms. The van der Waals surface area contributed by atoms with Crippen LogP contribution in [0.5, 0.6) is 5.75 Å². The SMILES string of the molecule is COc1ccc(NC(=O)CSc2nnnn2-c2ccc(C)cc2C)cc1. The molecule has 0 aliphatic rings. The highest BCUT2D eigenvalue weighted by Gasteiger charge is 2.13. The first kappa shape index (κ1) is 17.9. The lowest BCUT2D eigenvalue weighted by Crippen LogP contribution is -2.14. The van der Waals surface area contributed by atoms with Crippen LogP contribution in [-0.2, 0) is 4.79 Å². The largest absolute Gasteiger partial charge is 0.497 e. The zero-order valence-corrected chi connectivity index (χ0v) is 15.6. The number of hydrogen-bond donors (Lipinski definition) is 1. The van der Waals surface area contributed by atoms with Gasteiger partial charge in [-0.2, -0.15) is 4.68 Å². The van der Waals surface area contributed by atoms with E-state index in [9.17, 15) is 4.79 Å². The quantitative estimate of drug-likeness (QED) is 0.673. The molecule has 2 aromatic carbocycles. The Morgan fingerprint density at radius 1 is 1.19 bits per heavy atom. The van der Waals surface area contributed by atoms with Crippen molar-refractivity contribution in [2.24, 2.45) is 0 Å². The maximum Gasteiger partial charge on any atom is 0.234 e. The minimum absolute atomic E-state index is 0.129. The normalized spacial score (nSPS) is 10.6. The Labute approximate surface area is 155 Å². The van der Waals surface area contributed by atoms with Crippen LogP contribution in [0.15, 0.2) is 47.6 Å². The highest BCUT2D eigenvalue weighted by Crippen LogP contribution is 2.22. The van der Waals surface area contributed by atoms with E-state index in [2.05, 4.69) is 26.9 Å². The predicted molar refractivity (Wildman–Crippen MR) is 101 cm³/mol. The molecule has 1 heterocycles. The number of aryl methyl sites for hydroxylation is 2. The van der Waals surface area contributed by atoms with E-state index in [0.29, 0.717) is 10.8 Å². The number of methoxy groups -OCH3 is 1. The smallest absolute Gasteiger partial charge is 0.234 e. The van der Waals surface area contributed by atoms with Gasteiger partial charge >= 0.3 is 0 Å². The fourth-order valence-corrected chi connectivity index (χ4v) is 3.15. The van der Waals surface area contributed by atoms with Gasteiger partial charge in [0.1, 0.15) is 5.75 Å². The summed E-state index contributed by atoms with van der Waals surface area (Å²) in [6, 6.07) is 13.2. The van der Waals surface area contributed by atoms with Crippen molar-refractivity contribution in [3.8, 4) is 11.4 Å². The second-order valence-corrected chi connectivity index (χ2v) is 6.67. The van der Waals surface area contributed by atoms with Gasteiger partial charge in [-0.15, -0.1) is 5.10 Å². The van der Waals surface area contributed by atoms with Crippen molar-refractivity contribution in [2.45, 2.75) is 19.0 Å². The van der Waals surface area contributed by atoms with Crippen molar-refractivity contribution >= 4 is 23.4 Å². The van der Waals surface area contributed by atoms with Crippen LogP contribution in [0.2, 0.25) is 0 Å². The van der Waals surface area contributed by atoms with Gasteiger partial charge in [-0.3, -0.25) is 4.79 Å². The number of carbonyl (C=O) groups excluding carboxylic acids is 1. The molecule has 0 fully saturated rings. The number of aromatic nitrogens is 4. The van der Waals surface area contributed by atoms with E-state index in [1.165, 1.54) is 17.3 Å². The van der Waals surface area contributed by atoms with Crippen LogP contribution < -0.4 is 10.1 Å². The van der Waals surface area contributed by atoms with Gasteiger partial charge in [0.2, 0.25) is 11.1 Å². The van der Waals surface area contributed by atoms with Crippen molar-refractivity contribution in [1.29, 1.82) is 0 Å². The maximum atomic E-state index is 12.2. The Kier molecular flexibility index (Phi) is 5.52. The Morgan fingerprint density at radius 3 is 2.65 bits per heavy atom. The van der Waals surface area contributed by atoms with Gasteiger partial charge in [0.05, 0.1) is 18.6 Å². The van der Waals surface area contributed by atoms with Crippen LogP contribution in [0.4, 0.5) is 5.69 Å². The van der Waals surface area contributed by atoms with Gasteiger partial charge in [-0.05, 0) is 60.2 Å². The minimum Gasteiger partial charge on any atom is -0.497 e. The molecular weight excluding hydrogens is 350 g/mol. The van der Waals surface area contributed by atoms with Crippen LogP contribution in [0.25, 0.3) is 5.69 Å². The lowest BCUT2D eigenvalue weighted by atomic mass is 10.1. The maximum absolute atomic E-state index is 12.2. The molecule has 0 atom stereocenters. The number of anilines is 1. The summed E-state index contributed by atoms with van der Waals surface area (Å²) >= 11 is 1.29. The highest BCUT2D eigenvalue weighted by atomic mass is 32.2. The van der Waals surface area contributed by atoms with Crippen molar-refractivity contribution in [3.05, 3.63) is 53.6 Å². The number of nitrogens with one attached hydrogen (secondary N) is 1. The summed E-state index contributed by atoms with van der Waals surface area (Å²) in [6.45, 7) is 4.05. The average molecular weight is 369 g/mol. The summed E-state index contributed by atoms with van der Waals surface area (Å²) in [5.74, 6) is 0.817. The van der Waals surface area contributed by atoms with Gasteiger partial charge in [0.15, 0.2) is 0 Å². The van der Waals surface area contributed by atoms with E-state index in [4.69, 9.17) is 4.74 Å². The van der Waals surface area contributed by atoms with E-state index in [-0.39, 0.29) is 11.7 Å². The number of carbonyl (C=O) groups is 1. The van der Waals surface area contributed by atoms with Gasteiger partial charge in [-0.1, -0.05) is 29.5 Å².